The SMILES string of the molecule is CCNC(C)CC(=O)c1ccc2c(c1)OCCO2. The molecule has 4 heteroatoms. The number of ketones is 1. The summed E-state index contributed by atoms with van der Waals surface area (Å²) in [5.74, 6) is 1.51. The Morgan fingerprint density at radius 3 is 2.78 bits per heavy atom. The van der Waals surface area contributed by atoms with E-state index >= 15 is 0 Å². The summed E-state index contributed by atoms with van der Waals surface area (Å²) in [6.45, 7) is 6.02. The van der Waals surface area contributed by atoms with Crippen molar-refractivity contribution in [2.45, 2.75) is 26.3 Å². The fraction of sp³-hybridized carbons (Fsp3) is 0.500. The molecule has 0 bridgehead atoms. The highest BCUT2D eigenvalue weighted by molar-refractivity contribution is 5.97. The molecule has 0 spiro atoms. The van der Waals surface area contributed by atoms with Crippen LogP contribution >= 0.6 is 0 Å². The van der Waals surface area contributed by atoms with Gasteiger partial charge in [0.1, 0.15) is 13.2 Å². The number of carbonyl (C=O) groups excluding carboxylic acids is 1. The smallest absolute Gasteiger partial charge is 0.164 e. The van der Waals surface area contributed by atoms with E-state index < -0.39 is 0 Å². The number of hydrogen-bond donors (Lipinski definition) is 1. The minimum absolute atomic E-state index is 0.125. The summed E-state index contributed by atoms with van der Waals surface area (Å²) < 4.78 is 10.9. The van der Waals surface area contributed by atoms with E-state index in [0.717, 1.165) is 12.3 Å². The molecule has 1 N–H and O–H groups in total. The van der Waals surface area contributed by atoms with Crippen molar-refractivity contribution in [1.29, 1.82) is 0 Å². The Bertz CT molecular complexity index is 431. The Morgan fingerprint density at radius 1 is 1.33 bits per heavy atom. The zero-order valence-corrected chi connectivity index (χ0v) is 10.9. The van der Waals surface area contributed by atoms with Gasteiger partial charge in [-0.3, -0.25) is 4.79 Å². The average Bonchev–Trinajstić information content (AvgIpc) is 2.38. The van der Waals surface area contributed by atoms with Gasteiger partial charge in [0.05, 0.1) is 0 Å². The standard InChI is InChI=1S/C14H19NO3/c1-3-15-10(2)8-12(16)11-4-5-13-14(9-11)18-7-6-17-13/h4-5,9-10,15H,3,6-8H2,1-2H3. The lowest BCUT2D eigenvalue weighted by Crippen LogP contribution is -2.28. The first-order valence-corrected chi connectivity index (χ1v) is 6.37. The van der Waals surface area contributed by atoms with E-state index in [2.05, 4.69) is 5.32 Å². The molecule has 0 amide bonds. The molecule has 2 rings (SSSR count). The van der Waals surface area contributed by atoms with E-state index in [1.807, 2.05) is 13.8 Å². The van der Waals surface area contributed by atoms with Gasteiger partial charge in [-0.1, -0.05) is 6.92 Å². The van der Waals surface area contributed by atoms with Crippen molar-refractivity contribution in [2.24, 2.45) is 0 Å². The second-order valence-electron chi connectivity index (χ2n) is 4.44. The van der Waals surface area contributed by atoms with Crippen LogP contribution in [0.3, 0.4) is 0 Å². The van der Waals surface area contributed by atoms with Crippen LogP contribution in [0.15, 0.2) is 18.2 Å². The second kappa shape index (κ2) is 5.87. The van der Waals surface area contributed by atoms with Gasteiger partial charge in [-0.2, -0.15) is 0 Å². The third-order valence-electron chi connectivity index (χ3n) is 2.91. The first-order chi connectivity index (χ1) is 8.70. The zero-order valence-electron chi connectivity index (χ0n) is 10.9. The van der Waals surface area contributed by atoms with Crippen molar-refractivity contribution < 1.29 is 14.3 Å². The molecule has 1 heterocycles. The molecule has 0 fully saturated rings. The molecule has 1 aromatic rings. The van der Waals surface area contributed by atoms with Gasteiger partial charge >= 0.3 is 0 Å². The summed E-state index contributed by atoms with van der Waals surface area (Å²) in [6, 6.07) is 5.57. The Morgan fingerprint density at radius 2 is 2.06 bits per heavy atom. The van der Waals surface area contributed by atoms with Gasteiger partial charge < -0.3 is 14.8 Å². The van der Waals surface area contributed by atoms with Gasteiger partial charge in [0.2, 0.25) is 0 Å². The van der Waals surface area contributed by atoms with Crippen LogP contribution in [0.1, 0.15) is 30.6 Å². The highest BCUT2D eigenvalue weighted by Gasteiger charge is 2.16. The summed E-state index contributed by atoms with van der Waals surface area (Å²) in [4.78, 5) is 12.1. The highest BCUT2D eigenvalue weighted by atomic mass is 16.6. The summed E-state index contributed by atoms with van der Waals surface area (Å²) in [7, 11) is 0. The molecule has 18 heavy (non-hydrogen) atoms. The number of benzene rings is 1. The Balaban J connectivity index is 2.06. The van der Waals surface area contributed by atoms with E-state index in [4.69, 9.17) is 9.47 Å². The third-order valence-corrected chi connectivity index (χ3v) is 2.91. The van der Waals surface area contributed by atoms with Crippen LogP contribution in [-0.2, 0) is 0 Å². The van der Waals surface area contributed by atoms with Gasteiger partial charge in [-0.15, -0.1) is 0 Å². The van der Waals surface area contributed by atoms with Crippen molar-refractivity contribution in [2.75, 3.05) is 19.8 Å². The molecule has 0 aromatic heterocycles. The van der Waals surface area contributed by atoms with E-state index in [1.54, 1.807) is 18.2 Å². The predicted octanol–water partition coefficient (Wildman–Crippen LogP) is 2.03. The van der Waals surface area contributed by atoms with Crippen molar-refractivity contribution in [3.8, 4) is 11.5 Å². The van der Waals surface area contributed by atoms with Crippen LogP contribution in [0, 0.1) is 0 Å². The number of carbonyl (C=O) groups is 1. The second-order valence-corrected chi connectivity index (χ2v) is 4.44. The number of Topliss-reactive ketones (excluding diaryl/α,β-unsaturated/α-hetero) is 1. The first kappa shape index (κ1) is 12.9. The molecule has 1 atom stereocenters. The summed E-state index contributed by atoms with van der Waals surface area (Å²) >= 11 is 0. The Hall–Kier alpha value is -1.55. The minimum atomic E-state index is 0.125. The molecule has 0 aliphatic carbocycles. The fourth-order valence-electron chi connectivity index (χ4n) is 2.03. The molecule has 0 saturated carbocycles. The van der Waals surface area contributed by atoms with E-state index in [0.29, 0.717) is 30.9 Å². The van der Waals surface area contributed by atoms with Crippen LogP contribution in [0.25, 0.3) is 0 Å². The highest BCUT2D eigenvalue weighted by Crippen LogP contribution is 2.31. The van der Waals surface area contributed by atoms with Crippen molar-refractivity contribution in [1.82, 2.24) is 5.32 Å². The van der Waals surface area contributed by atoms with Gasteiger partial charge in [-0.05, 0) is 31.7 Å². The van der Waals surface area contributed by atoms with E-state index in [1.165, 1.54) is 0 Å². The Kier molecular flexibility index (Phi) is 4.20. The van der Waals surface area contributed by atoms with Crippen LogP contribution in [0.2, 0.25) is 0 Å². The topological polar surface area (TPSA) is 47.6 Å². The fourth-order valence-corrected chi connectivity index (χ4v) is 2.03. The quantitative estimate of drug-likeness (QED) is 0.811. The third kappa shape index (κ3) is 3.01. The van der Waals surface area contributed by atoms with Crippen LogP contribution in [0.5, 0.6) is 11.5 Å². The lowest BCUT2D eigenvalue weighted by atomic mass is 10.0. The normalized spacial score (nSPS) is 15.2. The first-order valence-electron chi connectivity index (χ1n) is 6.37. The number of hydrogen-bond acceptors (Lipinski definition) is 4. The predicted molar refractivity (Wildman–Crippen MR) is 69.5 cm³/mol. The molecule has 1 aromatic carbocycles. The molecule has 1 aliphatic heterocycles. The molecular formula is C14H19NO3. The summed E-state index contributed by atoms with van der Waals surface area (Å²) in [6.07, 6.45) is 0.494. The lowest BCUT2D eigenvalue weighted by molar-refractivity contribution is 0.0970. The average molecular weight is 249 g/mol. The minimum Gasteiger partial charge on any atom is -0.486 e. The number of nitrogens with one attached hydrogen (secondary N) is 1. The van der Waals surface area contributed by atoms with Gasteiger partial charge in [0, 0.05) is 18.0 Å². The van der Waals surface area contributed by atoms with Crippen molar-refractivity contribution in [3.63, 3.8) is 0 Å². The largest absolute Gasteiger partial charge is 0.486 e. The Labute approximate surface area is 107 Å². The van der Waals surface area contributed by atoms with Crippen molar-refractivity contribution in [3.05, 3.63) is 23.8 Å². The van der Waals surface area contributed by atoms with E-state index in [-0.39, 0.29) is 11.8 Å². The molecule has 0 saturated heterocycles. The molecule has 1 aliphatic rings. The number of rotatable bonds is 5. The summed E-state index contributed by atoms with van der Waals surface area (Å²) in [5, 5.41) is 3.23. The van der Waals surface area contributed by atoms with Crippen LogP contribution in [0.4, 0.5) is 0 Å². The number of fused-ring (bicyclic) bond motifs is 1. The van der Waals surface area contributed by atoms with Gasteiger partial charge in [0.25, 0.3) is 0 Å². The maximum absolute atomic E-state index is 12.1. The maximum atomic E-state index is 12.1. The molecule has 4 nitrogen and oxygen atoms in total. The van der Waals surface area contributed by atoms with Gasteiger partial charge in [-0.25, -0.2) is 0 Å². The van der Waals surface area contributed by atoms with Gasteiger partial charge in [0.15, 0.2) is 17.3 Å². The summed E-state index contributed by atoms with van der Waals surface area (Å²) in [5.41, 5.74) is 0.684. The van der Waals surface area contributed by atoms with E-state index in [9.17, 15) is 4.79 Å². The molecule has 98 valence electrons. The van der Waals surface area contributed by atoms with Crippen LogP contribution in [-0.4, -0.2) is 31.6 Å². The monoisotopic (exact) mass is 249 g/mol. The maximum Gasteiger partial charge on any atom is 0.164 e. The molecular weight excluding hydrogens is 230 g/mol. The zero-order chi connectivity index (χ0) is 13.0. The van der Waals surface area contributed by atoms with Crippen LogP contribution < -0.4 is 14.8 Å². The number of ether oxygens (including phenoxy) is 2. The van der Waals surface area contributed by atoms with Crippen molar-refractivity contribution >= 4 is 5.78 Å². The lowest BCUT2D eigenvalue weighted by Gasteiger charge is -2.19. The molecule has 1 unspecified atom stereocenters. The molecule has 0 radical (unpaired) electrons.